The molecule has 1 N–H and O–H groups in total. The van der Waals surface area contributed by atoms with Crippen LogP contribution in [0.3, 0.4) is 0 Å². The van der Waals surface area contributed by atoms with Gasteiger partial charge in [-0.3, -0.25) is 4.98 Å². The van der Waals surface area contributed by atoms with E-state index in [1.165, 1.54) is 10.4 Å². The topological polar surface area (TPSA) is 24.9 Å². The first-order valence-corrected chi connectivity index (χ1v) is 6.30. The molecule has 2 heterocycles. The first kappa shape index (κ1) is 11.6. The summed E-state index contributed by atoms with van der Waals surface area (Å²) in [6.07, 6.45) is 4.63. The second-order valence-corrected chi connectivity index (χ2v) is 5.34. The van der Waals surface area contributed by atoms with Crippen LogP contribution in [0.1, 0.15) is 16.5 Å². The molecule has 0 aliphatic carbocycles. The third-order valence-corrected chi connectivity index (χ3v) is 3.72. The van der Waals surface area contributed by atoms with E-state index in [4.69, 9.17) is 11.6 Å². The molecule has 2 aromatic rings. The van der Waals surface area contributed by atoms with Gasteiger partial charge in [-0.1, -0.05) is 17.7 Å². The minimum absolute atomic E-state index is 0.295. The summed E-state index contributed by atoms with van der Waals surface area (Å²) in [5.74, 6) is 0. The smallest absolute Gasteiger partial charge is 0.0931 e. The summed E-state index contributed by atoms with van der Waals surface area (Å²) in [5.41, 5.74) is 1.20. The zero-order valence-electron chi connectivity index (χ0n) is 8.98. The number of aromatic nitrogens is 1. The summed E-state index contributed by atoms with van der Waals surface area (Å²) in [4.78, 5) is 5.42. The van der Waals surface area contributed by atoms with Crippen LogP contribution >= 0.6 is 22.9 Å². The Morgan fingerprint density at radius 1 is 1.44 bits per heavy atom. The van der Waals surface area contributed by atoms with E-state index in [2.05, 4.69) is 22.4 Å². The van der Waals surface area contributed by atoms with Gasteiger partial charge >= 0.3 is 0 Å². The average molecular weight is 253 g/mol. The van der Waals surface area contributed by atoms with Crippen LogP contribution < -0.4 is 5.32 Å². The molecular formula is C12H13ClN2S. The summed E-state index contributed by atoms with van der Waals surface area (Å²) < 4.78 is 0.844. The minimum atomic E-state index is 0.295. The van der Waals surface area contributed by atoms with Crippen molar-refractivity contribution >= 4 is 22.9 Å². The Hall–Kier alpha value is -0.900. The van der Waals surface area contributed by atoms with Crippen molar-refractivity contribution in [2.75, 3.05) is 7.05 Å². The van der Waals surface area contributed by atoms with Crippen LogP contribution in [0, 0.1) is 0 Å². The van der Waals surface area contributed by atoms with E-state index in [-0.39, 0.29) is 0 Å². The highest BCUT2D eigenvalue weighted by Crippen LogP contribution is 2.26. The number of likely N-dealkylation sites (N-methyl/N-ethyl adjacent to an activating group) is 1. The van der Waals surface area contributed by atoms with Gasteiger partial charge in [0.1, 0.15) is 0 Å². The van der Waals surface area contributed by atoms with Gasteiger partial charge in [0.25, 0.3) is 0 Å². The number of halogens is 1. The Bertz CT molecular complexity index is 441. The molecule has 1 unspecified atom stereocenters. The first-order valence-electron chi connectivity index (χ1n) is 5.11. The van der Waals surface area contributed by atoms with E-state index >= 15 is 0 Å². The molecule has 84 valence electrons. The Kier molecular flexibility index (Phi) is 3.93. The third kappa shape index (κ3) is 2.82. The quantitative estimate of drug-likeness (QED) is 0.903. The van der Waals surface area contributed by atoms with Crippen molar-refractivity contribution < 1.29 is 0 Å². The van der Waals surface area contributed by atoms with Crippen LogP contribution in [-0.2, 0) is 6.42 Å². The van der Waals surface area contributed by atoms with Gasteiger partial charge in [-0.15, -0.1) is 11.3 Å². The number of hydrogen-bond acceptors (Lipinski definition) is 3. The van der Waals surface area contributed by atoms with E-state index in [0.717, 1.165) is 10.8 Å². The summed E-state index contributed by atoms with van der Waals surface area (Å²) in [6.45, 7) is 0. The zero-order chi connectivity index (χ0) is 11.4. The van der Waals surface area contributed by atoms with Gasteiger partial charge < -0.3 is 5.32 Å². The monoisotopic (exact) mass is 252 g/mol. The number of nitrogens with one attached hydrogen (secondary N) is 1. The molecule has 0 amide bonds. The van der Waals surface area contributed by atoms with Crippen molar-refractivity contribution in [3.05, 3.63) is 51.4 Å². The van der Waals surface area contributed by atoms with E-state index in [1.54, 1.807) is 17.5 Å². The SMILES string of the molecule is CNC(Cc1ccc(Cl)s1)c1cccnc1. The lowest BCUT2D eigenvalue weighted by molar-refractivity contribution is 0.594. The molecule has 16 heavy (non-hydrogen) atoms. The number of thiophene rings is 1. The lowest BCUT2D eigenvalue weighted by atomic mass is 10.1. The number of nitrogens with zero attached hydrogens (tertiary/aromatic N) is 1. The Balaban J connectivity index is 2.12. The van der Waals surface area contributed by atoms with Crippen LogP contribution in [-0.4, -0.2) is 12.0 Å². The number of pyridine rings is 1. The maximum Gasteiger partial charge on any atom is 0.0931 e. The minimum Gasteiger partial charge on any atom is -0.313 e. The lowest BCUT2D eigenvalue weighted by Crippen LogP contribution is -2.18. The normalized spacial score (nSPS) is 12.6. The predicted octanol–water partition coefficient (Wildman–Crippen LogP) is 3.30. The molecule has 0 radical (unpaired) electrons. The van der Waals surface area contributed by atoms with E-state index in [9.17, 15) is 0 Å². The van der Waals surface area contributed by atoms with Crippen molar-refractivity contribution in [3.8, 4) is 0 Å². The molecule has 0 fully saturated rings. The van der Waals surface area contributed by atoms with Crippen LogP contribution in [0.4, 0.5) is 0 Å². The summed E-state index contributed by atoms with van der Waals surface area (Å²) in [5, 5.41) is 3.30. The lowest BCUT2D eigenvalue weighted by Gasteiger charge is -2.14. The molecule has 0 bridgehead atoms. The second kappa shape index (κ2) is 5.43. The fraction of sp³-hybridized carbons (Fsp3) is 0.250. The van der Waals surface area contributed by atoms with E-state index in [0.29, 0.717) is 6.04 Å². The summed E-state index contributed by atoms with van der Waals surface area (Å²) in [7, 11) is 1.97. The second-order valence-electron chi connectivity index (χ2n) is 3.54. The third-order valence-electron chi connectivity index (χ3n) is 2.47. The van der Waals surface area contributed by atoms with E-state index < -0.39 is 0 Å². The average Bonchev–Trinajstić information content (AvgIpc) is 2.73. The number of hydrogen-bond donors (Lipinski definition) is 1. The molecule has 2 aromatic heterocycles. The van der Waals surface area contributed by atoms with Crippen molar-refractivity contribution in [2.45, 2.75) is 12.5 Å². The van der Waals surface area contributed by atoms with Gasteiger partial charge in [0.2, 0.25) is 0 Å². The van der Waals surface area contributed by atoms with Gasteiger partial charge in [0.15, 0.2) is 0 Å². The van der Waals surface area contributed by atoms with Gasteiger partial charge in [-0.25, -0.2) is 0 Å². The largest absolute Gasteiger partial charge is 0.313 e. The van der Waals surface area contributed by atoms with Crippen molar-refractivity contribution in [1.82, 2.24) is 10.3 Å². The van der Waals surface area contributed by atoms with Crippen molar-refractivity contribution in [2.24, 2.45) is 0 Å². The molecule has 2 nitrogen and oxygen atoms in total. The molecule has 0 aromatic carbocycles. The molecule has 0 saturated carbocycles. The first-order chi connectivity index (χ1) is 7.79. The molecule has 4 heteroatoms. The van der Waals surface area contributed by atoms with E-state index in [1.807, 2.05) is 25.4 Å². The van der Waals surface area contributed by atoms with Crippen molar-refractivity contribution in [1.29, 1.82) is 0 Å². The van der Waals surface area contributed by atoms with Gasteiger partial charge in [-0.05, 0) is 30.8 Å². The fourth-order valence-electron chi connectivity index (χ4n) is 1.63. The molecule has 0 saturated heterocycles. The highest BCUT2D eigenvalue weighted by molar-refractivity contribution is 7.16. The molecule has 0 spiro atoms. The van der Waals surface area contributed by atoms with Crippen LogP contribution in [0.25, 0.3) is 0 Å². The maximum atomic E-state index is 5.92. The highest BCUT2D eigenvalue weighted by Gasteiger charge is 2.11. The standard InChI is InChI=1S/C12H13ClN2S/c1-14-11(9-3-2-6-15-8-9)7-10-4-5-12(13)16-10/h2-6,8,11,14H,7H2,1H3. The Morgan fingerprint density at radius 3 is 2.88 bits per heavy atom. The Morgan fingerprint density at radius 2 is 2.31 bits per heavy atom. The van der Waals surface area contributed by atoms with Crippen LogP contribution in [0.15, 0.2) is 36.7 Å². The van der Waals surface area contributed by atoms with Gasteiger partial charge in [0, 0.05) is 29.7 Å². The predicted molar refractivity (Wildman–Crippen MR) is 69.1 cm³/mol. The molecule has 2 rings (SSSR count). The zero-order valence-corrected chi connectivity index (χ0v) is 10.6. The molecule has 1 atom stereocenters. The highest BCUT2D eigenvalue weighted by atomic mass is 35.5. The maximum absolute atomic E-state index is 5.92. The van der Waals surface area contributed by atoms with Crippen LogP contribution in [0.5, 0.6) is 0 Å². The van der Waals surface area contributed by atoms with Gasteiger partial charge in [0.05, 0.1) is 4.34 Å². The molecule has 0 aliphatic heterocycles. The van der Waals surface area contributed by atoms with Crippen molar-refractivity contribution in [3.63, 3.8) is 0 Å². The summed E-state index contributed by atoms with van der Waals surface area (Å²) in [6, 6.07) is 8.36. The Labute approximate surface area is 104 Å². The molecule has 0 aliphatic rings. The fourth-order valence-corrected chi connectivity index (χ4v) is 2.76. The van der Waals surface area contributed by atoms with Gasteiger partial charge in [-0.2, -0.15) is 0 Å². The molecular weight excluding hydrogens is 240 g/mol. The van der Waals surface area contributed by atoms with Crippen LogP contribution in [0.2, 0.25) is 4.34 Å². The number of rotatable bonds is 4. The summed E-state index contributed by atoms with van der Waals surface area (Å²) >= 11 is 7.55.